The Kier molecular flexibility index (Phi) is 7.78. The smallest absolute Gasteiger partial charge is 0.414 e. The number of hydrogen-bond donors (Lipinski definition) is 4. The van der Waals surface area contributed by atoms with E-state index in [1.54, 1.807) is 0 Å². The molecule has 0 spiro atoms. The molecule has 1 aliphatic heterocycles. The molecular weight excluding hydrogens is 288 g/mol. The Bertz CT molecular complexity index is 349. The number of piperidine rings is 1. The zero-order chi connectivity index (χ0) is 16.6. The zero-order valence-corrected chi connectivity index (χ0v) is 13.3. The summed E-state index contributed by atoms with van der Waals surface area (Å²) in [6.45, 7) is 2.91. The van der Waals surface area contributed by atoms with E-state index < -0.39 is 17.5 Å². The molecule has 2 fully saturated rings. The molecule has 0 atom stereocenters. The minimum Gasteiger partial charge on any atom is -0.473 e. The molecule has 7 heteroatoms. The first-order valence-electron chi connectivity index (χ1n) is 7.95. The third kappa shape index (κ3) is 6.29. The molecule has 0 unspecified atom stereocenters. The Labute approximate surface area is 131 Å². The van der Waals surface area contributed by atoms with Gasteiger partial charge < -0.3 is 25.5 Å². The van der Waals surface area contributed by atoms with Crippen LogP contribution in [0.3, 0.4) is 0 Å². The summed E-state index contributed by atoms with van der Waals surface area (Å²) in [5, 5.41) is 28.2. The first-order valence-corrected chi connectivity index (χ1v) is 7.95. The van der Waals surface area contributed by atoms with Gasteiger partial charge >= 0.3 is 11.9 Å². The topological polar surface area (TPSA) is 110 Å². The number of rotatable bonds is 3. The summed E-state index contributed by atoms with van der Waals surface area (Å²) in [7, 11) is 1.92. The molecule has 1 saturated heterocycles. The quantitative estimate of drug-likeness (QED) is 0.562. The van der Waals surface area contributed by atoms with Crippen LogP contribution in [0.2, 0.25) is 0 Å². The van der Waals surface area contributed by atoms with Crippen molar-refractivity contribution in [3.63, 3.8) is 0 Å². The van der Waals surface area contributed by atoms with Crippen LogP contribution < -0.4 is 5.32 Å². The number of carboxylic acid groups (broad SMARTS) is 2. The predicted molar refractivity (Wildman–Crippen MR) is 81.8 cm³/mol. The summed E-state index contributed by atoms with van der Waals surface area (Å²) in [5.41, 5.74) is -0.445. The van der Waals surface area contributed by atoms with E-state index in [-0.39, 0.29) is 0 Å². The molecule has 4 N–H and O–H groups in total. The minimum absolute atomic E-state index is 0.445. The van der Waals surface area contributed by atoms with Gasteiger partial charge in [-0.3, -0.25) is 0 Å². The van der Waals surface area contributed by atoms with Crippen LogP contribution >= 0.6 is 0 Å². The molecule has 0 bridgehead atoms. The number of likely N-dealkylation sites (tertiary alicyclic amines) is 1. The molecule has 1 heterocycles. The number of aliphatic carboxylic acids is 2. The molecule has 1 aliphatic carbocycles. The van der Waals surface area contributed by atoms with Gasteiger partial charge in [0.15, 0.2) is 0 Å². The number of aliphatic hydroxyl groups is 1. The third-order valence-electron chi connectivity index (χ3n) is 4.51. The minimum atomic E-state index is -1.82. The van der Waals surface area contributed by atoms with E-state index in [1.165, 1.54) is 32.1 Å². The van der Waals surface area contributed by atoms with Crippen LogP contribution in [0.5, 0.6) is 0 Å². The lowest BCUT2D eigenvalue weighted by molar-refractivity contribution is -0.159. The number of likely N-dealkylation sites (N-methyl/N-ethyl adjacent to an activating group) is 1. The fraction of sp³-hybridized carbons (Fsp3) is 0.867. The van der Waals surface area contributed by atoms with Gasteiger partial charge in [-0.25, -0.2) is 9.59 Å². The standard InChI is InChI=1S/C13H26N2O.C2H2O4/c1-14-11-13(16)7-9-15(10-8-13)12-5-3-2-4-6-12;3-1(4)2(5)6/h12,14,16H,2-11H2,1H3;(H,3,4)(H,5,6). The number of carboxylic acids is 2. The Morgan fingerprint density at radius 2 is 1.59 bits per heavy atom. The highest BCUT2D eigenvalue weighted by Gasteiger charge is 2.34. The highest BCUT2D eigenvalue weighted by atomic mass is 16.4. The maximum absolute atomic E-state index is 10.3. The van der Waals surface area contributed by atoms with E-state index >= 15 is 0 Å². The second kappa shape index (κ2) is 9.07. The van der Waals surface area contributed by atoms with E-state index in [4.69, 9.17) is 19.8 Å². The van der Waals surface area contributed by atoms with E-state index in [0.29, 0.717) is 0 Å². The molecule has 0 aromatic heterocycles. The molecule has 1 saturated carbocycles. The van der Waals surface area contributed by atoms with Crippen molar-refractivity contribution < 1.29 is 24.9 Å². The molecule has 128 valence electrons. The monoisotopic (exact) mass is 316 g/mol. The van der Waals surface area contributed by atoms with Crippen LogP contribution in [-0.4, -0.2) is 70.5 Å². The van der Waals surface area contributed by atoms with Crippen molar-refractivity contribution in [1.29, 1.82) is 0 Å². The van der Waals surface area contributed by atoms with Crippen LogP contribution in [0, 0.1) is 0 Å². The number of carbonyl (C=O) groups is 2. The first-order chi connectivity index (χ1) is 10.4. The molecule has 2 rings (SSSR count). The molecule has 2 aliphatic rings. The third-order valence-corrected chi connectivity index (χ3v) is 4.51. The van der Waals surface area contributed by atoms with Crippen molar-refractivity contribution in [3.05, 3.63) is 0 Å². The fourth-order valence-corrected chi connectivity index (χ4v) is 3.26. The van der Waals surface area contributed by atoms with Gasteiger partial charge in [0.1, 0.15) is 0 Å². The lowest BCUT2D eigenvalue weighted by atomic mass is 9.87. The highest BCUT2D eigenvalue weighted by molar-refractivity contribution is 6.27. The van der Waals surface area contributed by atoms with E-state index in [0.717, 1.165) is 38.5 Å². The van der Waals surface area contributed by atoms with E-state index in [9.17, 15) is 5.11 Å². The Morgan fingerprint density at radius 1 is 1.09 bits per heavy atom. The van der Waals surface area contributed by atoms with Gasteiger partial charge in [-0.15, -0.1) is 0 Å². The number of hydrogen-bond acceptors (Lipinski definition) is 5. The molecular formula is C15H28N2O5. The lowest BCUT2D eigenvalue weighted by Crippen LogP contribution is -2.52. The van der Waals surface area contributed by atoms with Crippen LogP contribution in [0.25, 0.3) is 0 Å². The Balaban J connectivity index is 0.000000346. The highest BCUT2D eigenvalue weighted by Crippen LogP contribution is 2.28. The zero-order valence-electron chi connectivity index (χ0n) is 13.3. The van der Waals surface area contributed by atoms with Crippen LogP contribution in [0.4, 0.5) is 0 Å². The van der Waals surface area contributed by atoms with E-state index in [1.807, 2.05) is 7.05 Å². The largest absolute Gasteiger partial charge is 0.473 e. The number of nitrogens with one attached hydrogen (secondary N) is 1. The molecule has 0 aromatic carbocycles. The average molecular weight is 316 g/mol. The fourth-order valence-electron chi connectivity index (χ4n) is 3.26. The SMILES string of the molecule is CNCC1(O)CCN(C2CCCCC2)CC1.O=C(O)C(=O)O. The Hall–Kier alpha value is -1.18. The van der Waals surface area contributed by atoms with Gasteiger partial charge in [-0.1, -0.05) is 19.3 Å². The van der Waals surface area contributed by atoms with Crippen molar-refractivity contribution in [3.8, 4) is 0 Å². The summed E-state index contributed by atoms with van der Waals surface area (Å²) >= 11 is 0. The second-order valence-corrected chi connectivity index (χ2v) is 6.19. The summed E-state index contributed by atoms with van der Waals surface area (Å²) in [4.78, 5) is 20.8. The van der Waals surface area contributed by atoms with Gasteiger partial charge in [0.05, 0.1) is 5.60 Å². The predicted octanol–water partition coefficient (Wildman–Crippen LogP) is 0.521. The number of nitrogens with zero attached hydrogens (tertiary/aromatic N) is 1. The lowest BCUT2D eigenvalue weighted by Gasteiger charge is -2.42. The van der Waals surface area contributed by atoms with Gasteiger partial charge in [0.25, 0.3) is 0 Å². The second-order valence-electron chi connectivity index (χ2n) is 6.19. The van der Waals surface area contributed by atoms with Gasteiger partial charge in [-0.2, -0.15) is 0 Å². The van der Waals surface area contributed by atoms with Crippen molar-refractivity contribution in [2.75, 3.05) is 26.7 Å². The van der Waals surface area contributed by atoms with Gasteiger partial charge in [0, 0.05) is 25.7 Å². The maximum atomic E-state index is 10.3. The van der Waals surface area contributed by atoms with Crippen LogP contribution in [0.1, 0.15) is 44.9 Å². The van der Waals surface area contributed by atoms with Crippen molar-refractivity contribution in [1.82, 2.24) is 10.2 Å². The van der Waals surface area contributed by atoms with Crippen molar-refractivity contribution in [2.24, 2.45) is 0 Å². The summed E-state index contributed by atoms with van der Waals surface area (Å²) in [5.74, 6) is -3.65. The molecule has 7 nitrogen and oxygen atoms in total. The first kappa shape index (κ1) is 18.9. The summed E-state index contributed by atoms with van der Waals surface area (Å²) < 4.78 is 0. The van der Waals surface area contributed by atoms with Gasteiger partial charge in [0.2, 0.25) is 0 Å². The van der Waals surface area contributed by atoms with Gasteiger partial charge in [-0.05, 0) is 32.7 Å². The molecule has 22 heavy (non-hydrogen) atoms. The summed E-state index contributed by atoms with van der Waals surface area (Å²) in [6, 6.07) is 0.813. The summed E-state index contributed by atoms with van der Waals surface area (Å²) in [6.07, 6.45) is 8.86. The van der Waals surface area contributed by atoms with Crippen molar-refractivity contribution >= 4 is 11.9 Å². The van der Waals surface area contributed by atoms with Crippen LogP contribution in [-0.2, 0) is 9.59 Å². The normalized spacial score (nSPS) is 22.5. The van der Waals surface area contributed by atoms with Crippen LogP contribution in [0.15, 0.2) is 0 Å². The molecule has 0 radical (unpaired) electrons. The Morgan fingerprint density at radius 3 is 2.00 bits per heavy atom. The maximum Gasteiger partial charge on any atom is 0.414 e. The average Bonchev–Trinajstić information content (AvgIpc) is 2.49. The van der Waals surface area contributed by atoms with E-state index in [2.05, 4.69) is 10.2 Å². The molecule has 0 aromatic rings. The van der Waals surface area contributed by atoms with Crippen molar-refractivity contribution in [2.45, 2.75) is 56.6 Å². The molecule has 0 amide bonds.